The van der Waals surface area contributed by atoms with E-state index < -0.39 is 11.6 Å². The minimum atomic E-state index is -0.526. The first-order chi connectivity index (χ1) is 9.58. The zero-order chi connectivity index (χ0) is 16.5. The second-order valence-electron chi connectivity index (χ2n) is 6.19. The monoisotopic (exact) mass is 300 g/mol. The van der Waals surface area contributed by atoms with E-state index in [1.54, 1.807) is 0 Å². The average molecular weight is 300 g/mol. The summed E-state index contributed by atoms with van der Waals surface area (Å²) >= 11 is 0. The lowest BCUT2D eigenvalue weighted by molar-refractivity contribution is -0.156. The molecule has 5 nitrogen and oxygen atoms in total. The summed E-state index contributed by atoms with van der Waals surface area (Å²) in [6, 6.07) is 0. The first kappa shape index (κ1) is 19.6. The number of hydrogen-bond donors (Lipinski definition) is 0. The molecular weight excluding hydrogens is 272 g/mol. The second-order valence-corrected chi connectivity index (χ2v) is 6.19. The summed E-state index contributed by atoms with van der Waals surface area (Å²) in [6.45, 7) is 13.3. The molecule has 0 fully saturated rings. The molecule has 0 atom stereocenters. The second kappa shape index (κ2) is 8.82. The normalized spacial score (nSPS) is 11.9. The van der Waals surface area contributed by atoms with E-state index in [4.69, 9.17) is 14.2 Å². The van der Waals surface area contributed by atoms with Crippen molar-refractivity contribution in [2.75, 3.05) is 13.2 Å². The molecule has 0 unspecified atom stereocenters. The average Bonchev–Trinajstić information content (AvgIpc) is 2.32. The van der Waals surface area contributed by atoms with Gasteiger partial charge in [0.15, 0.2) is 0 Å². The maximum absolute atomic E-state index is 11.0. The lowest BCUT2D eigenvalue weighted by atomic mass is 10.0. The van der Waals surface area contributed by atoms with Crippen LogP contribution in [0.4, 0.5) is 0 Å². The summed E-state index contributed by atoms with van der Waals surface area (Å²) in [6.07, 6.45) is 3.27. The fourth-order valence-electron chi connectivity index (χ4n) is 1.81. The van der Waals surface area contributed by atoms with Crippen molar-refractivity contribution >= 4 is 11.9 Å². The molecule has 0 aliphatic carbocycles. The van der Waals surface area contributed by atoms with Crippen LogP contribution in [-0.2, 0) is 23.8 Å². The molecule has 0 saturated heterocycles. The van der Waals surface area contributed by atoms with Crippen molar-refractivity contribution in [3.63, 3.8) is 0 Å². The third kappa shape index (κ3) is 11.0. The van der Waals surface area contributed by atoms with Crippen LogP contribution in [-0.4, -0.2) is 36.4 Å². The van der Waals surface area contributed by atoms with E-state index in [1.165, 1.54) is 6.92 Å². The molecule has 0 aromatic heterocycles. The van der Waals surface area contributed by atoms with Crippen molar-refractivity contribution in [1.29, 1.82) is 0 Å². The molecule has 21 heavy (non-hydrogen) atoms. The van der Waals surface area contributed by atoms with Crippen molar-refractivity contribution in [3.05, 3.63) is 12.7 Å². The molecule has 0 amide bonds. The maximum atomic E-state index is 11.0. The van der Waals surface area contributed by atoms with Gasteiger partial charge >= 0.3 is 11.9 Å². The Morgan fingerprint density at radius 1 is 1.05 bits per heavy atom. The van der Waals surface area contributed by atoms with Crippen molar-refractivity contribution in [1.82, 2.24) is 0 Å². The lowest BCUT2D eigenvalue weighted by Gasteiger charge is -2.29. The number of carbonyl (C=O) groups is 2. The summed E-state index contributed by atoms with van der Waals surface area (Å²) in [5.41, 5.74) is -0.839. The molecule has 0 rings (SSSR count). The Bertz CT molecular complexity index is 358. The van der Waals surface area contributed by atoms with Gasteiger partial charge in [0.25, 0.3) is 0 Å². The Morgan fingerprint density at radius 2 is 1.67 bits per heavy atom. The molecule has 0 N–H and O–H groups in total. The molecule has 0 spiro atoms. The van der Waals surface area contributed by atoms with E-state index in [0.717, 1.165) is 18.9 Å². The minimum Gasteiger partial charge on any atom is -0.463 e. The van der Waals surface area contributed by atoms with Crippen molar-refractivity contribution in [3.8, 4) is 0 Å². The highest BCUT2D eigenvalue weighted by Gasteiger charge is 2.24. The van der Waals surface area contributed by atoms with Crippen LogP contribution in [0.25, 0.3) is 0 Å². The van der Waals surface area contributed by atoms with Gasteiger partial charge in [0.05, 0.1) is 18.8 Å². The van der Waals surface area contributed by atoms with Gasteiger partial charge in [-0.1, -0.05) is 6.58 Å². The van der Waals surface area contributed by atoms with Crippen molar-refractivity contribution < 1.29 is 23.8 Å². The van der Waals surface area contributed by atoms with Gasteiger partial charge in [-0.05, 0) is 40.5 Å². The van der Waals surface area contributed by atoms with E-state index in [0.29, 0.717) is 19.6 Å². The van der Waals surface area contributed by atoms with Crippen LogP contribution in [0.3, 0.4) is 0 Å². The number of rotatable bonds is 10. The first-order valence-electron chi connectivity index (χ1n) is 7.21. The molecule has 122 valence electrons. The highest BCUT2D eigenvalue weighted by molar-refractivity contribution is 5.81. The SMILES string of the molecule is C=CC(=O)OCCCC(C)(C)OCCC(C)(C)OC(C)=O. The van der Waals surface area contributed by atoms with Gasteiger partial charge in [-0.3, -0.25) is 4.79 Å². The number of carbonyl (C=O) groups excluding carboxylic acids is 2. The summed E-state index contributed by atoms with van der Waals surface area (Å²) < 4.78 is 16.0. The fraction of sp³-hybridized carbons (Fsp3) is 0.750. The highest BCUT2D eigenvalue weighted by atomic mass is 16.6. The Morgan fingerprint density at radius 3 is 2.19 bits per heavy atom. The minimum absolute atomic E-state index is 0.289. The van der Waals surface area contributed by atoms with Gasteiger partial charge in [0.1, 0.15) is 5.60 Å². The van der Waals surface area contributed by atoms with E-state index in [-0.39, 0.29) is 11.6 Å². The van der Waals surface area contributed by atoms with Gasteiger partial charge in [0, 0.05) is 19.4 Å². The summed E-state index contributed by atoms with van der Waals surface area (Å²) in [4.78, 5) is 21.9. The predicted octanol–water partition coefficient (Wildman–Crippen LogP) is 3.02. The lowest BCUT2D eigenvalue weighted by Crippen LogP contribution is -2.32. The molecule has 0 radical (unpaired) electrons. The Labute approximate surface area is 127 Å². The summed E-state index contributed by atoms with van der Waals surface area (Å²) in [5.74, 6) is -0.694. The molecule has 0 aliphatic heterocycles. The van der Waals surface area contributed by atoms with E-state index in [9.17, 15) is 9.59 Å². The molecular formula is C16H28O5. The highest BCUT2D eigenvalue weighted by Crippen LogP contribution is 2.20. The van der Waals surface area contributed by atoms with Crippen LogP contribution < -0.4 is 0 Å². The standard InChI is InChI=1S/C16H28O5/c1-7-14(18)19-11-8-9-15(3,4)20-12-10-16(5,6)21-13(2)17/h7H,1,8-12H2,2-6H3. The van der Waals surface area contributed by atoms with Crippen molar-refractivity contribution in [2.45, 2.75) is 65.1 Å². The predicted molar refractivity (Wildman–Crippen MR) is 80.9 cm³/mol. The third-order valence-electron chi connectivity index (χ3n) is 2.95. The van der Waals surface area contributed by atoms with Crippen LogP contribution in [0, 0.1) is 0 Å². The van der Waals surface area contributed by atoms with Gasteiger partial charge in [0.2, 0.25) is 0 Å². The van der Waals surface area contributed by atoms with Crippen LogP contribution >= 0.6 is 0 Å². The van der Waals surface area contributed by atoms with Gasteiger partial charge in [-0.15, -0.1) is 0 Å². The molecule has 0 bridgehead atoms. The third-order valence-corrected chi connectivity index (χ3v) is 2.95. The van der Waals surface area contributed by atoms with Gasteiger partial charge in [-0.2, -0.15) is 0 Å². The molecule has 5 heteroatoms. The molecule has 0 aromatic rings. The fourth-order valence-corrected chi connectivity index (χ4v) is 1.81. The molecule has 0 heterocycles. The topological polar surface area (TPSA) is 61.8 Å². The Balaban J connectivity index is 3.94. The van der Waals surface area contributed by atoms with Crippen molar-refractivity contribution in [2.24, 2.45) is 0 Å². The molecule has 0 aliphatic rings. The number of hydrogen-bond acceptors (Lipinski definition) is 5. The Kier molecular flexibility index (Phi) is 8.25. The first-order valence-corrected chi connectivity index (χ1v) is 7.21. The van der Waals surface area contributed by atoms with Crippen LogP contribution in [0.5, 0.6) is 0 Å². The van der Waals surface area contributed by atoms with Crippen LogP contribution in [0.2, 0.25) is 0 Å². The maximum Gasteiger partial charge on any atom is 0.330 e. The molecule has 0 aromatic carbocycles. The quantitative estimate of drug-likeness (QED) is 0.352. The van der Waals surface area contributed by atoms with E-state index in [1.807, 2.05) is 27.7 Å². The smallest absolute Gasteiger partial charge is 0.330 e. The van der Waals surface area contributed by atoms with Crippen LogP contribution in [0.15, 0.2) is 12.7 Å². The van der Waals surface area contributed by atoms with Gasteiger partial charge < -0.3 is 14.2 Å². The number of ether oxygens (including phenoxy) is 3. The Hall–Kier alpha value is -1.36. The van der Waals surface area contributed by atoms with E-state index in [2.05, 4.69) is 6.58 Å². The van der Waals surface area contributed by atoms with Gasteiger partial charge in [-0.25, -0.2) is 4.79 Å². The summed E-state index contributed by atoms with van der Waals surface area (Å²) in [7, 11) is 0. The van der Waals surface area contributed by atoms with Crippen LogP contribution in [0.1, 0.15) is 53.9 Å². The summed E-state index contributed by atoms with van der Waals surface area (Å²) in [5, 5.41) is 0. The van der Waals surface area contributed by atoms with E-state index >= 15 is 0 Å². The largest absolute Gasteiger partial charge is 0.463 e. The number of esters is 2. The zero-order valence-electron chi connectivity index (χ0n) is 13.9. The molecule has 0 saturated carbocycles. The zero-order valence-corrected chi connectivity index (χ0v) is 13.9.